The fourth-order valence-electron chi connectivity index (χ4n) is 1.06. The van der Waals surface area contributed by atoms with Gasteiger partial charge in [-0.25, -0.2) is 0 Å². The molecule has 0 aromatic carbocycles. The van der Waals surface area contributed by atoms with Crippen molar-refractivity contribution in [2.75, 3.05) is 26.9 Å². The molecule has 0 saturated carbocycles. The van der Waals surface area contributed by atoms with E-state index in [1.165, 1.54) is 6.42 Å². The monoisotopic (exact) mass is 189 g/mol. The third-order valence-corrected chi connectivity index (χ3v) is 1.93. The van der Waals surface area contributed by atoms with Gasteiger partial charge in [0.2, 0.25) is 0 Å². The molecular weight excluding hydrogens is 166 g/mol. The Hall–Kier alpha value is -0.120. The molecule has 0 aliphatic heterocycles. The van der Waals surface area contributed by atoms with Crippen LogP contribution in [0.4, 0.5) is 0 Å². The Balaban J connectivity index is 3.29. The fourth-order valence-corrected chi connectivity index (χ4v) is 1.06. The second kappa shape index (κ2) is 7.30. The molecule has 0 fully saturated rings. The van der Waals surface area contributed by atoms with E-state index < -0.39 is 0 Å². The summed E-state index contributed by atoms with van der Waals surface area (Å²) in [5.41, 5.74) is 5.69. The van der Waals surface area contributed by atoms with Crippen LogP contribution in [0.25, 0.3) is 0 Å². The number of nitrogens with two attached hydrogens (primary N) is 1. The van der Waals surface area contributed by atoms with E-state index in [0.29, 0.717) is 6.61 Å². The molecule has 0 heterocycles. The van der Waals surface area contributed by atoms with Crippen LogP contribution in [0.3, 0.4) is 0 Å². The van der Waals surface area contributed by atoms with Crippen molar-refractivity contribution in [2.24, 2.45) is 5.73 Å². The molecule has 0 aliphatic carbocycles. The van der Waals surface area contributed by atoms with Gasteiger partial charge < -0.3 is 15.2 Å². The van der Waals surface area contributed by atoms with Gasteiger partial charge in [0.1, 0.15) is 0 Å². The molecule has 0 amide bonds. The lowest BCUT2D eigenvalue weighted by molar-refractivity contribution is 0.0839. The summed E-state index contributed by atoms with van der Waals surface area (Å²) in [6.45, 7) is 6.31. The molecule has 0 aromatic heterocycles. The minimum absolute atomic E-state index is 0.249. The first-order chi connectivity index (χ1) is 6.12. The Morgan fingerprint density at radius 2 is 2.00 bits per heavy atom. The molecule has 0 spiro atoms. The zero-order valence-electron chi connectivity index (χ0n) is 9.14. The second-order valence-electron chi connectivity index (χ2n) is 3.80. The van der Waals surface area contributed by atoms with Crippen molar-refractivity contribution in [3.05, 3.63) is 0 Å². The minimum Gasteiger partial charge on any atom is -0.383 e. The summed E-state index contributed by atoms with van der Waals surface area (Å²) in [7, 11) is 1.67. The number of hydrogen-bond donors (Lipinski definition) is 1. The van der Waals surface area contributed by atoms with Crippen LogP contribution in [0.15, 0.2) is 0 Å². The van der Waals surface area contributed by atoms with Gasteiger partial charge in [-0.05, 0) is 19.8 Å². The SMILES string of the molecule is CCCCOCCC(C)(N)COC. The maximum Gasteiger partial charge on any atom is 0.0640 e. The maximum atomic E-state index is 5.94. The van der Waals surface area contributed by atoms with E-state index in [1.54, 1.807) is 7.11 Å². The zero-order valence-corrected chi connectivity index (χ0v) is 9.14. The topological polar surface area (TPSA) is 44.5 Å². The first-order valence-corrected chi connectivity index (χ1v) is 4.98. The van der Waals surface area contributed by atoms with Crippen molar-refractivity contribution in [1.29, 1.82) is 0 Å². The van der Waals surface area contributed by atoms with E-state index in [1.807, 2.05) is 6.92 Å². The molecule has 1 unspecified atom stereocenters. The summed E-state index contributed by atoms with van der Waals surface area (Å²) in [5.74, 6) is 0. The highest BCUT2D eigenvalue weighted by atomic mass is 16.5. The van der Waals surface area contributed by atoms with Crippen molar-refractivity contribution < 1.29 is 9.47 Å². The van der Waals surface area contributed by atoms with Crippen LogP contribution < -0.4 is 5.73 Å². The molecule has 0 rings (SSSR count). The summed E-state index contributed by atoms with van der Waals surface area (Å²) >= 11 is 0. The number of hydrogen-bond acceptors (Lipinski definition) is 3. The molecular formula is C10H23NO2. The molecule has 1 atom stereocenters. The van der Waals surface area contributed by atoms with Gasteiger partial charge in [-0.2, -0.15) is 0 Å². The lowest BCUT2D eigenvalue weighted by Gasteiger charge is -2.23. The van der Waals surface area contributed by atoms with E-state index in [2.05, 4.69) is 6.92 Å². The van der Waals surface area contributed by atoms with Gasteiger partial charge in [-0.15, -0.1) is 0 Å². The van der Waals surface area contributed by atoms with Crippen molar-refractivity contribution >= 4 is 0 Å². The highest BCUT2D eigenvalue weighted by molar-refractivity contribution is 4.77. The van der Waals surface area contributed by atoms with Crippen LogP contribution in [-0.2, 0) is 9.47 Å². The lowest BCUT2D eigenvalue weighted by Crippen LogP contribution is -2.41. The normalized spacial score (nSPS) is 15.7. The van der Waals surface area contributed by atoms with Crippen LogP contribution in [-0.4, -0.2) is 32.5 Å². The van der Waals surface area contributed by atoms with Crippen LogP contribution in [0, 0.1) is 0 Å². The van der Waals surface area contributed by atoms with Gasteiger partial charge in [0, 0.05) is 25.9 Å². The molecule has 0 saturated heterocycles. The molecule has 13 heavy (non-hydrogen) atoms. The molecule has 2 N–H and O–H groups in total. The maximum absolute atomic E-state index is 5.94. The van der Waals surface area contributed by atoms with Crippen LogP contribution in [0.5, 0.6) is 0 Å². The van der Waals surface area contributed by atoms with Gasteiger partial charge in [0.05, 0.1) is 6.61 Å². The molecule has 3 heteroatoms. The van der Waals surface area contributed by atoms with Gasteiger partial charge in [0.25, 0.3) is 0 Å². The van der Waals surface area contributed by atoms with Crippen molar-refractivity contribution in [3.8, 4) is 0 Å². The first-order valence-electron chi connectivity index (χ1n) is 4.98. The van der Waals surface area contributed by atoms with E-state index in [-0.39, 0.29) is 5.54 Å². The van der Waals surface area contributed by atoms with Gasteiger partial charge in [-0.1, -0.05) is 13.3 Å². The zero-order chi connectivity index (χ0) is 10.2. The van der Waals surface area contributed by atoms with E-state index in [0.717, 1.165) is 26.1 Å². The van der Waals surface area contributed by atoms with E-state index in [9.17, 15) is 0 Å². The van der Waals surface area contributed by atoms with E-state index >= 15 is 0 Å². The third-order valence-electron chi connectivity index (χ3n) is 1.93. The average molecular weight is 189 g/mol. The predicted octanol–water partition coefficient (Wildman–Crippen LogP) is 1.56. The summed E-state index contributed by atoms with van der Waals surface area (Å²) in [4.78, 5) is 0. The quantitative estimate of drug-likeness (QED) is 0.589. The Morgan fingerprint density at radius 1 is 1.31 bits per heavy atom. The highest BCUT2D eigenvalue weighted by Gasteiger charge is 2.17. The lowest BCUT2D eigenvalue weighted by atomic mass is 10.0. The van der Waals surface area contributed by atoms with Crippen LogP contribution >= 0.6 is 0 Å². The van der Waals surface area contributed by atoms with E-state index in [4.69, 9.17) is 15.2 Å². The summed E-state index contributed by atoms with van der Waals surface area (Å²) < 4.78 is 10.4. The standard InChI is InChI=1S/C10H23NO2/c1-4-5-7-13-8-6-10(2,11)9-12-3/h4-9,11H2,1-3H3. The largest absolute Gasteiger partial charge is 0.383 e. The fraction of sp³-hybridized carbons (Fsp3) is 1.00. The van der Waals surface area contributed by atoms with Crippen LogP contribution in [0.2, 0.25) is 0 Å². The molecule has 3 nitrogen and oxygen atoms in total. The Morgan fingerprint density at radius 3 is 2.54 bits per heavy atom. The molecule has 80 valence electrons. The highest BCUT2D eigenvalue weighted by Crippen LogP contribution is 2.05. The molecule has 0 bridgehead atoms. The average Bonchev–Trinajstić information content (AvgIpc) is 2.04. The van der Waals surface area contributed by atoms with Crippen molar-refractivity contribution in [3.63, 3.8) is 0 Å². The predicted molar refractivity (Wildman–Crippen MR) is 54.8 cm³/mol. The van der Waals surface area contributed by atoms with Gasteiger partial charge in [0.15, 0.2) is 0 Å². The summed E-state index contributed by atoms with van der Waals surface area (Å²) in [6.07, 6.45) is 3.16. The molecule has 0 aliphatic rings. The summed E-state index contributed by atoms with van der Waals surface area (Å²) in [5, 5.41) is 0. The van der Waals surface area contributed by atoms with Gasteiger partial charge >= 0.3 is 0 Å². The number of rotatable bonds is 8. The van der Waals surface area contributed by atoms with Crippen molar-refractivity contribution in [1.82, 2.24) is 0 Å². The minimum atomic E-state index is -0.249. The van der Waals surface area contributed by atoms with Gasteiger partial charge in [-0.3, -0.25) is 0 Å². The summed E-state index contributed by atoms with van der Waals surface area (Å²) in [6, 6.07) is 0. The second-order valence-corrected chi connectivity index (χ2v) is 3.80. The number of ether oxygens (including phenoxy) is 2. The molecule has 0 radical (unpaired) electrons. The first kappa shape index (κ1) is 12.9. The van der Waals surface area contributed by atoms with Crippen molar-refractivity contribution in [2.45, 2.75) is 38.6 Å². The smallest absolute Gasteiger partial charge is 0.0640 e. The number of unbranched alkanes of at least 4 members (excludes halogenated alkanes) is 1. The third kappa shape index (κ3) is 8.22. The Bertz CT molecular complexity index is 115. The van der Waals surface area contributed by atoms with Crippen LogP contribution in [0.1, 0.15) is 33.1 Å². The number of methoxy groups -OCH3 is 1. The Labute approximate surface area is 81.6 Å². The Kier molecular flexibility index (Phi) is 7.23. The molecule has 0 aromatic rings.